The maximum Gasteiger partial charge on any atom is 0.341 e. The molecule has 0 aliphatic heterocycles. The summed E-state index contributed by atoms with van der Waals surface area (Å²) in [6.45, 7) is 7.34. The van der Waals surface area contributed by atoms with Crippen molar-refractivity contribution in [2.24, 2.45) is 0 Å². The highest BCUT2D eigenvalue weighted by Gasteiger charge is 2.17. The SMILES string of the molecule is COC(=O)c1cc(CN(C)CC(=O)NCCc2ccc(C(C)C)cc2)oc1C. The number of carbonyl (C=O) groups is 2. The smallest absolute Gasteiger partial charge is 0.341 e. The number of esters is 1. The molecule has 0 spiro atoms. The van der Waals surface area contributed by atoms with Gasteiger partial charge in [0, 0.05) is 6.54 Å². The van der Waals surface area contributed by atoms with E-state index in [9.17, 15) is 9.59 Å². The van der Waals surface area contributed by atoms with E-state index in [2.05, 4.69) is 43.4 Å². The molecule has 0 fully saturated rings. The molecule has 0 saturated heterocycles. The Morgan fingerprint density at radius 2 is 1.89 bits per heavy atom. The highest BCUT2D eigenvalue weighted by molar-refractivity contribution is 5.90. The zero-order valence-electron chi connectivity index (χ0n) is 17.4. The number of likely N-dealkylation sites (N-methyl/N-ethyl adjacent to an activating group) is 1. The number of ether oxygens (including phenoxy) is 1. The van der Waals surface area contributed by atoms with Crippen molar-refractivity contribution in [2.45, 2.75) is 39.7 Å². The first-order valence-corrected chi connectivity index (χ1v) is 9.51. The van der Waals surface area contributed by atoms with Crippen LogP contribution in [0, 0.1) is 6.92 Å². The second-order valence-corrected chi connectivity index (χ2v) is 7.34. The highest BCUT2D eigenvalue weighted by Crippen LogP contribution is 2.17. The molecule has 6 nitrogen and oxygen atoms in total. The van der Waals surface area contributed by atoms with Crippen LogP contribution >= 0.6 is 0 Å². The molecule has 1 amide bonds. The van der Waals surface area contributed by atoms with Crippen molar-refractivity contribution in [3.8, 4) is 0 Å². The van der Waals surface area contributed by atoms with Crippen LogP contribution in [0.15, 0.2) is 34.7 Å². The van der Waals surface area contributed by atoms with Crippen molar-refractivity contribution in [1.29, 1.82) is 0 Å². The summed E-state index contributed by atoms with van der Waals surface area (Å²) in [6, 6.07) is 10.2. The van der Waals surface area contributed by atoms with Gasteiger partial charge in [0.2, 0.25) is 5.91 Å². The average Bonchev–Trinajstić information content (AvgIpc) is 3.01. The molecule has 1 aromatic carbocycles. The van der Waals surface area contributed by atoms with Gasteiger partial charge in [-0.3, -0.25) is 9.69 Å². The third kappa shape index (κ3) is 6.23. The summed E-state index contributed by atoms with van der Waals surface area (Å²) >= 11 is 0. The van der Waals surface area contributed by atoms with Crippen LogP contribution in [0.25, 0.3) is 0 Å². The Hall–Kier alpha value is -2.60. The van der Waals surface area contributed by atoms with E-state index in [1.165, 1.54) is 18.2 Å². The molecule has 1 heterocycles. The van der Waals surface area contributed by atoms with Gasteiger partial charge >= 0.3 is 5.97 Å². The molecule has 1 N–H and O–H groups in total. The molecule has 6 heteroatoms. The van der Waals surface area contributed by atoms with Gasteiger partial charge in [0.05, 0.1) is 20.2 Å². The van der Waals surface area contributed by atoms with Gasteiger partial charge in [-0.15, -0.1) is 0 Å². The number of amides is 1. The van der Waals surface area contributed by atoms with E-state index in [1.807, 2.05) is 11.9 Å². The minimum absolute atomic E-state index is 0.0437. The highest BCUT2D eigenvalue weighted by atomic mass is 16.5. The molecular weight excluding hydrogens is 356 g/mol. The molecule has 2 rings (SSSR count). The maximum absolute atomic E-state index is 12.1. The predicted octanol–water partition coefficient (Wildman–Crippen LogP) is 3.29. The molecule has 0 saturated carbocycles. The Bertz CT molecular complexity index is 793. The second-order valence-electron chi connectivity index (χ2n) is 7.34. The lowest BCUT2D eigenvalue weighted by Crippen LogP contribution is -2.35. The minimum atomic E-state index is -0.422. The minimum Gasteiger partial charge on any atom is -0.465 e. The first kappa shape index (κ1) is 21.7. The van der Waals surface area contributed by atoms with Crippen LogP contribution in [0.2, 0.25) is 0 Å². The fourth-order valence-corrected chi connectivity index (χ4v) is 2.97. The standard InChI is InChI=1S/C22H30N2O4/c1-15(2)18-8-6-17(7-9-18)10-11-23-21(25)14-24(4)13-19-12-20(16(3)28-19)22(26)27-5/h6-9,12,15H,10-11,13-14H2,1-5H3,(H,23,25). The van der Waals surface area contributed by atoms with Crippen molar-refractivity contribution >= 4 is 11.9 Å². The number of carbonyl (C=O) groups excluding carboxylic acids is 2. The van der Waals surface area contributed by atoms with Gasteiger partial charge in [-0.05, 0) is 43.5 Å². The van der Waals surface area contributed by atoms with Crippen LogP contribution in [-0.4, -0.2) is 44.0 Å². The third-order valence-corrected chi connectivity index (χ3v) is 4.60. The number of furan rings is 1. The van der Waals surface area contributed by atoms with E-state index in [0.29, 0.717) is 36.1 Å². The first-order valence-electron chi connectivity index (χ1n) is 9.51. The molecule has 1 aromatic heterocycles. The van der Waals surface area contributed by atoms with Crippen LogP contribution in [0.3, 0.4) is 0 Å². The lowest BCUT2D eigenvalue weighted by atomic mass is 10.0. The summed E-state index contributed by atoms with van der Waals surface area (Å²) < 4.78 is 10.3. The molecule has 0 aliphatic carbocycles. The number of hydrogen-bond donors (Lipinski definition) is 1. The Labute approximate surface area is 166 Å². The lowest BCUT2D eigenvalue weighted by molar-refractivity contribution is -0.122. The van der Waals surface area contributed by atoms with Crippen molar-refractivity contribution in [3.63, 3.8) is 0 Å². The summed E-state index contributed by atoms with van der Waals surface area (Å²) in [6.07, 6.45) is 0.799. The fraction of sp³-hybridized carbons (Fsp3) is 0.455. The van der Waals surface area contributed by atoms with Crippen LogP contribution in [0.4, 0.5) is 0 Å². The van der Waals surface area contributed by atoms with Crippen LogP contribution < -0.4 is 5.32 Å². The normalized spacial score (nSPS) is 11.1. The zero-order chi connectivity index (χ0) is 20.7. The van der Waals surface area contributed by atoms with Gasteiger partial charge in [-0.2, -0.15) is 0 Å². The van der Waals surface area contributed by atoms with E-state index in [1.54, 1.807) is 13.0 Å². The third-order valence-electron chi connectivity index (χ3n) is 4.60. The van der Waals surface area contributed by atoms with Gasteiger partial charge in [0.25, 0.3) is 0 Å². The number of nitrogens with one attached hydrogen (secondary N) is 1. The summed E-state index contributed by atoms with van der Waals surface area (Å²) in [7, 11) is 3.17. The summed E-state index contributed by atoms with van der Waals surface area (Å²) in [5.74, 6) is 1.19. The van der Waals surface area contributed by atoms with Crippen LogP contribution in [0.1, 0.15) is 52.8 Å². The second kappa shape index (κ2) is 10.1. The Kier molecular flexibility index (Phi) is 7.81. The number of rotatable bonds is 9. The van der Waals surface area contributed by atoms with Crippen molar-refractivity contribution in [3.05, 3.63) is 58.5 Å². The number of methoxy groups -OCH3 is 1. The van der Waals surface area contributed by atoms with E-state index in [4.69, 9.17) is 9.15 Å². The van der Waals surface area contributed by atoms with Gasteiger partial charge in [0.15, 0.2) is 0 Å². The Morgan fingerprint density at radius 3 is 2.50 bits per heavy atom. The van der Waals surface area contributed by atoms with E-state index < -0.39 is 5.97 Å². The summed E-state index contributed by atoms with van der Waals surface area (Å²) in [5, 5.41) is 2.94. The van der Waals surface area contributed by atoms with Crippen LogP contribution in [0.5, 0.6) is 0 Å². The molecular formula is C22H30N2O4. The van der Waals surface area contributed by atoms with Gasteiger partial charge in [-0.1, -0.05) is 38.1 Å². The fourth-order valence-electron chi connectivity index (χ4n) is 2.97. The van der Waals surface area contributed by atoms with Crippen molar-refractivity contribution in [1.82, 2.24) is 10.2 Å². The topological polar surface area (TPSA) is 71.8 Å². The lowest BCUT2D eigenvalue weighted by Gasteiger charge is -2.15. The van der Waals surface area contributed by atoms with Gasteiger partial charge in [-0.25, -0.2) is 4.79 Å². The average molecular weight is 386 g/mol. The molecule has 28 heavy (non-hydrogen) atoms. The van der Waals surface area contributed by atoms with Gasteiger partial charge < -0.3 is 14.5 Å². The van der Waals surface area contributed by atoms with E-state index >= 15 is 0 Å². The molecule has 0 unspecified atom stereocenters. The molecule has 0 atom stereocenters. The number of aryl methyl sites for hydroxylation is 1. The van der Waals surface area contributed by atoms with Gasteiger partial charge in [0.1, 0.15) is 17.1 Å². The number of nitrogens with zero attached hydrogens (tertiary/aromatic N) is 1. The molecule has 0 aliphatic rings. The zero-order valence-corrected chi connectivity index (χ0v) is 17.4. The molecule has 0 radical (unpaired) electrons. The largest absolute Gasteiger partial charge is 0.465 e. The van der Waals surface area contributed by atoms with Crippen molar-refractivity contribution in [2.75, 3.05) is 27.2 Å². The summed E-state index contributed by atoms with van der Waals surface area (Å²) in [5.41, 5.74) is 2.94. The Morgan fingerprint density at radius 1 is 1.21 bits per heavy atom. The van der Waals surface area contributed by atoms with E-state index in [-0.39, 0.29) is 12.5 Å². The first-order chi connectivity index (χ1) is 13.3. The molecule has 152 valence electrons. The number of benzene rings is 1. The summed E-state index contributed by atoms with van der Waals surface area (Å²) in [4.78, 5) is 25.6. The van der Waals surface area contributed by atoms with Crippen LogP contribution in [-0.2, 0) is 22.5 Å². The van der Waals surface area contributed by atoms with E-state index in [0.717, 1.165) is 6.42 Å². The Balaban J connectivity index is 1.76. The monoisotopic (exact) mass is 386 g/mol. The maximum atomic E-state index is 12.1. The predicted molar refractivity (Wildman–Crippen MR) is 108 cm³/mol. The molecule has 2 aromatic rings. The van der Waals surface area contributed by atoms with Crippen molar-refractivity contribution < 1.29 is 18.7 Å². The quantitative estimate of drug-likeness (QED) is 0.670. The molecule has 0 bridgehead atoms. The number of hydrogen-bond acceptors (Lipinski definition) is 5.